The van der Waals surface area contributed by atoms with E-state index in [2.05, 4.69) is 15.4 Å². The van der Waals surface area contributed by atoms with E-state index in [0.717, 1.165) is 16.7 Å². The maximum atomic E-state index is 12.1. The highest BCUT2D eigenvalue weighted by molar-refractivity contribution is 7.99. The summed E-state index contributed by atoms with van der Waals surface area (Å²) in [7, 11) is 1.39. The van der Waals surface area contributed by atoms with Gasteiger partial charge in [-0.1, -0.05) is 30.3 Å². The molecule has 30 heavy (non-hydrogen) atoms. The molecule has 0 atom stereocenters. The van der Waals surface area contributed by atoms with E-state index in [9.17, 15) is 14.9 Å². The highest BCUT2D eigenvalue weighted by Crippen LogP contribution is 2.28. The molecule has 1 heterocycles. The van der Waals surface area contributed by atoms with Gasteiger partial charge in [-0.25, -0.2) is 9.67 Å². The van der Waals surface area contributed by atoms with Gasteiger partial charge in [0, 0.05) is 18.4 Å². The van der Waals surface area contributed by atoms with E-state index in [1.807, 2.05) is 24.3 Å². The van der Waals surface area contributed by atoms with Gasteiger partial charge >= 0.3 is 5.69 Å². The van der Waals surface area contributed by atoms with Gasteiger partial charge in [0.05, 0.1) is 24.3 Å². The van der Waals surface area contributed by atoms with Crippen molar-refractivity contribution in [1.82, 2.24) is 20.1 Å². The number of nitro benzene ring substituents is 1. The Morgan fingerprint density at radius 1 is 1.23 bits per heavy atom. The van der Waals surface area contributed by atoms with Gasteiger partial charge in [-0.05, 0) is 22.8 Å². The Morgan fingerprint density at radius 3 is 2.80 bits per heavy atom. The van der Waals surface area contributed by atoms with Crippen LogP contribution in [0.5, 0.6) is 5.75 Å². The van der Waals surface area contributed by atoms with Crippen LogP contribution in [0.4, 0.5) is 5.69 Å². The average molecular weight is 427 g/mol. The molecule has 1 aromatic heterocycles. The summed E-state index contributed by atoms with van der Waals surface area (Å²) in [4.78, 5) is 26.7. The molecule has 3 aromatic rings. The van der Waals surface area contributed by atoms with E-state index in [4.69, 9.17) is 4.74 Å². The van der Waals surface area contributed by atoms with Gasteiger partial charge in [0.25, 0.3) is 0 Å². The first-order chi connectivity index (χ1) is 14.5. The topological polar surface area (TPSA) is 112 Å². The predicted molar refractivity (Wildman–Crippen MR) is 113 cm³/mol. The quantitative estimate of drug-likeness (QED) is 0.391. The fourth-order valence-corrected chi connectivity index (χ4v) is 3.63. The zero-order valence-corrected chi connectivity index (χ0v) is 17.2. The van der Waals surface area contributed by atoms with Crippen molar-refractivity contribution >= 4 is 23.4 Å². The third-order valence-corrected chi connectivity index (χ3v) is 5.24. The lowest BCUT2D eigenvalue weighted by molar-refractivity contribution is -0.385. The molecule has 0 saturated heterocycles. The van der Waals surface area contributed by atoms with Crippen molar-refractivity contribution in [3.63, 3.8) is 0 Å². The maximum absolute atomic E-state index is 12.1. The molecule has 3 rings (SSSR count). The van der Waals surface area contributed by atoms with Crippen LogP contribution in [-0.4, -0.2) is 38.5 Å². The van der Waals surface area contributed by atoms with Gasteiger partial charge in [-0.15, -0.1) is 11.8 Å². The number of thioether (sulfide) groups is 1. The van der Waals surface area contributed by atoms with Crippen LogP contribution in [0.15, 0.2) is 55.1 Å². The van der Waals surface area contributed by atoms with Crippen molar-refractivity contribution in [3.05, 3.63) is 81.9 Å². The van der Waals surface area contributed by atoms with E-state index in [1.165, 1.54) is 31.3 Å². The molecule has 0 aliphatic rings. The molecule has 0 aliphatic heterocycles. The summed E-state index contributed by atoms with van der Waals surface area (Å²) in [6, 6.07) is 12.7. The van der Waals surface area contributed by atoms with E-state index in [-0.39, 0.29) is 23.1 Å². The van der Waals surface area contributed by atoms with Crippen molar-refractivity contribution in [1.29, 1.82) is 0 Å². The molecule has 0 bridgehead atoms. The van der Waals surface area contributed by atoms with Gasteiger partial charge in [0.15, 0.2) is 5.75 Å². The fraction of sp³-hybridized carbons (Fsp3) is 0.250. The van der Waals surface area contributed by atoms with Crippen LogP contribution in [-0.2, 0) is 23.6 Å². The van der Waals surface area contributed by atoms with Gasteiger partial charge in [0.2, 0.25) is 5.91 Å². The Morgan fingerprint density at radius 2 is 2.07 bits per heavy atom. The molecule has 2 aromatic carbocycles. The molecule has 0 fully saturated rings. The second kappa shape index (κ2) is 10.4. The van der Waals surface area contributed by atoms with Gasteiger partial charge < -0.3 is 10.1 Å². The minimum Gasteiger partial charge on any atom is -0.490 e. The summed E-state index contributed by atoms with van der Waals surface area (Å²) in [5.74, 6) is 0.881. The third kappa shape index (κ3) is 6.05. The Labute approximate surface area is 177 Å². The summed E-state index contributed by atoms with van der Waals surface area (Å²) in [6.07, 6.45) is 3.15. The minimum absolute atomic E-state index is 0.0779. The number of methoxy groups -OCH3 is 1. The van der Waals surface area contributed by atoms with Gasteiger partial charge in [-0.3, -0.25) is 14.9 Å². The van der Waals surface area contributed by atoms with Crippen LogP contribution >= 0.6 is 11.8 Å². The largest absolute Gasteiger partial charge is 0.490 e. The number of nitrogens with zero attached hydrogens (tertiary/aromatic N) is 4. The highest BCUT2D eigenvalue weighted by Gasteiger charge is 2.15. The van der Waals surface area contributed by atoms with Crippen LogP contribution in [0, 0.1) is 10.1 Å². The monoisotopic (exact) mass is 427 g/mol. The van der Waals surface area contributed by atoms with E-state index < -0.39 is 4.92 Å². The Bertz CT molecular complexity index is 1010. The van der Waals surface area contributed by atoms with E-state index >= 15 is 0 Å². The number of amides is 1. The first kappa shape index (κ1) is 21.3. The van der Waals surface area contributed by atoms with Crippen molar-refractivity contribution in [2.24, 2.45) is 0 Å². The lowest BCUT2D eigenvalue weighted by Gasteiger charge is -2.08. The molecule has 0 saturated carbocycles. The molecular weight excluding hydrogens is 406 g/mol. The smallest absolute Gasteiger partial charge is 0.311 e. The predicted octanol–water partition coefficient (Wildman–Crippen LogP) is 2.79. The number of nitrogens with one attached hydrogen (secondary N) is 1. The summed E-state index contributed by atoms with van der Waals surface area (Å²) < 4.78 is 6.73. The molecule has 0 aliphatic carbocycles. The van der Waals surface area contributed by atoms with Crippen LogP contribution in [0.1, 0.15) is 16.7 Å². The first-order valence-corrected chi connectivity index (χ1v) is 10.3. The molecule has 1 amide bonds. The van der Waals surface area contributed by atoms with Crippen LogP contribution in [0.25, 0.3) is 0 Å². The SMILES string of the molecule is COc1ccc(CSCC(=O)NCc2cccc(Cn3cncn3)c2)cc1[N+](=O)[O-]. The fourth-order valence-electron chi connectivity index (χ4n) is 2.82. The third-order valence-electron chi connectivity index (χ3n) is 4.23. The highest BCUT2D eigenvalue weighted by atomic mass is 32.2. The zero-order chi connectivity index (χ0) is 21.3. The van der Waals surface area contributed by atoms with Crippen molar-refractivity contribution in [2.45, 2.75) is 18.8 Å². The minimum atomic E-state index is -0.475. The van der Waals surface area contributed by atoms with Gasteiger partial charge in [-0.2, -0.15) is 5.10 Å². The van der Waals surface area contributed by atoms with Crippen molar-refractivity contribution in [2.75, 3.05) is 12.9 Å². The summed E-state index contributed by atoms with van der Waals surface area (Å²) in [5.41, 5.74) is 2.76. The molecule has 156 valence electrons. The molecule has 0 radical (unpaired) electrons. The number of hydrogen-bond donors (Lipinski definition) is 1. The van der Waals surface area contributed by atoms with Crippen molar-refractivity contribution < 1.29 is 14.5 Å². The van der Waals surface area contributed by atoms with Gasteiger partial charge in [0.1, 0.15) is 12.7 Å². The average Bonchev–Trinajstić information content (AvgIpc) is 3.25. The number of carbonyl (C=O) groups is 1. The van der Waals surface area contributed by atoms with Crippen molar-refractivity contribution in [3.8, 4) is 5.75 Å². The molecule has 1 N–H and O–H groups in total. The summed E-state index contributed by atoms with van der Waals surface area (Å²) in [5, 5.41) is 18.1. The number of hydrogen-bond acceptors (Lipinski definition) is 7. The Hall–Kier alpha value is -3.40. The molecule has 10 heteroatoms. The second-order valence-electron chi connectivity index (χ2n) is 6.45. The number of ether oxygens (including phenoxy) is 1. The Balaban J connectivity index is 1.45. The van der Waals surface area contributed by atoms with E-state index in [1.54, 1.807) is 23.1 Å². The number of aromatic nitrogens is 3. The first-order valence-electron chi connectivity index (χ1n) is 9.11. The lowest BCUT2D eigenvalue weighted by atomic mass is 10.1. The second-order valence-corrected chi connectivity index (χ2v) is 7.43. The Kier molecular flexibility index (Phi) is 7.39. The number of benzene rings is 2. The summed E-state index contributed by atoms with van der Waals surface area (Å²) >= 11 is 1.40. The lowest BCUT2D eigenvalue weighted by Crippen LogP contribution is -2.24. The standard InChI is InChI=1S/C20H21N5O4S/c1-29-19-6-5-17(8-18(19)25(27)28)11-30-12-20(26)22-9-15-3-2-4-16(7-15)10-24-14-21-13-23-24/h2-8,13-14H,9-12H2,1H3,(H,22,26). The van der Waals surface area contributed by atoms with Crippen LogP contribution in [0.3, 0.4) is 0 Å². The zero-order valence-electron chi connectivity index (χ0n) is 16.4. The molecular formula is C20H21N5O4S. The summed E-state index contributed by atoms with van der Waals surface area (Å²) in [6.45, 7) is 1.05. The van der Waals surface area contributed by atoms with Crippen LogP contribution in [0.2, 0.25) is 0 Å². The number of nitro groups is 1. The maximum Gasteiger partial charge on any atom is 0.311 e. The molecule has 0 unspecified atom stereocenters. The normalized spacial score (nSPS) is 10.6. The van der Waals surface area contributed by atoms with Crippen LogP contribution < -0.4 is 10.1 Å². The number of rotatable bonds is 10. The molecule has 0 spiro atoms. The number of carbonyl (C=O) groups excluding carboxylic acids is 1. The van der Waals surface area contributed by atoms with E-state index in [0.29, 0.717) is 18.8 Å². The molecule has 9 nitrogen and oxygen atoms in total.